The minimum atomic E-state index is -0.155. The molecule has 3 aromatic carbocycles. The maximum atomic E-state index is 12.4. The number of carbonyl (C=O) groups is 2. The van der Waals surface area contributed by atoms with Crippen LogP contribution in [0.5, 0.6) is 17.2 Å². The van der Waals surface area contributed by atoms with Crippen molar-refractivity contribution in [2.75, 3.05) is 20.4 Å². The maximum absolute atomic E-state index is 12.4. The lowest BCUT2D eigenvalue weighted by atomic mass is 10.0. The molecule has 1 amide bonds. The SMILES string of the molecule is CN(Cc1ccc2c(c1)OCO2)C(=O)COc1ccc(C(=O)c2ccccc2)cc1. The normalized spacial score (nSPS) is 11.8. The first kappa shape index (κ1) is 19.5. The largest absolute Gasteiger partial charge is 0.484 e. The molecule has 0 unspecified atom stereocenters. The van der Waals surface area contributed by atoms with Crippen molar-refractivity contribution < 1.29 is 23.8 Å². The van der Waals surface area contributed by atoms with Gasteiger partial charge >= 0.3 is 0 Å². The molecular formula is C24H21NO5. The van der Waals surface area contributed by atoms with Crippen molar-refractivity contribution in [2.45, 2.75) is 6.54 Å². The van der Waals surface area contributed by atoms with Crippen LogP contribution in [-0.4, -0.2) is 37.0 Å². The van der Waals surface area contributed by atoms with Crippen molar-refractivity contribution in [2.24, 2.45) is 0 Å². The Kier molecular flexibility index (Phi) is 5.66. The van der Waals surface area contributed by atoms with E-state index in [0.717, 1.165) is 5.56 Å². The fraction of sp³-hybridized carbons (Fsp3) is 0.167. The molecular weight excluding hydrogens is 382 g/mol. The van der Waals surface area contributed by atoms with Gasteiger partial charge in [0.25, 0.3) is 5.91 Å². The van der Waals surface area contributed by atoms with E-state index < -0.39 is 0 Å². The van der Waals surface area contributed by atoms with Crippen LogP contribution in [0.2, 0.25) is 0 Å². The minimum absolute atomic E-state index is 0.0540. The molecule has 1 aliphatic heterocycles. The van der Waals surface area contributed by atoms with Gasteiger partial charge in [0.15, 0.2) is 23.9 Å². The summed E-state index contributed by atoms with van der Waals surface area (Å²) < 4.78 is 16.3. The van der Waals surface area contributed by atoms with E-state index in [4.69, 9.17) is 14.2 Å². The van der Waals surface area contributed by atoms with Gasteiger partial charge in [-0.1, -0.05) is 36.4 Å². The van der Waals surface area contributed by atoms with Gasteiger partial charge in [-0.25, -0.2) is 0 Å². The number of hydrogen-bond acceptors (Lipinski definition) is 5. The predicted molar refractivity (Wildman–Crippen MR) is 111 cm³/mol. The third-order valence-corrected chi connectivity index (χ3v) is 4.80. The summed E-state index contributed by atoms with van der Waals surface area (Å²) in [7, 11) is 1.72. The lowest BCUT2D eigenvalue weighted by Gasteiger charge is -2.18. The average Bonchev–Trinajstić information content (AvgIpc) is 3.26. The van der Waals surface area contributed by atoms with Crippen LogP contribution in [0.25, 0.3) is 0 Å². The van der Waals surface area contributed by atoms with Crippen LogP contribution < -0.4 is 14.2 Å². The number of likely N-dealkylation sites (N-methyl/N-ethyl adjacent to an activating group) is 1. The van der Waals surface area contributed by atoms with Gasteiger partial charge in [0.2, 0.25) is 6.79 Å². The van der Waals surface area contributed by atoms with Crippen molar-refractivity contribution >= 4 is 11.7 Å². The second-order valence-corrected chi connectivity index (χ2v) is 6.95. The molecule has 6 nitrogen and oxygen atoms in total. The van der Waals surface area contributed by atoms with E-state index in [2.05, 4.69) is 0 Å². The number of benzene rings is 3. The van der Waals surface area contributed by atoms with Gasteiger partial charge in [-0.3, -0.25) is 9.59 Å². The van der Waals surface area contributed by atoms with Crippen molar-refractivity contribution in [3.8, 4) is 17.2 Å². The Morgan fingerprint density at radius 2 is 1.60 bits per heavy atom. The second kappa shape index (κ2) is 8.69. The highest BCUT2D eigenvalue weighted by atomic mass is 16.7. The van der Waals surface area contributed by atoms with E-state index in [-0.39, 0.29) is 25.1 Å². The third-order valence-electron chi connectivity index (χ3n) is 4.80. The number of ether oxygens (including phenoxy) is 3. The highest BCUT2D eigenvalue weighted by Crippen LogP contribution is 2.32. The first-order valence-electron chi connectivity index (χ1n) is 9.55. The molecule has 30 heavy (non-hydrogen) atoms. The number of rotatable bonds is 7. The summed E-state index contributed by atoms with van der Waals surface area (Å²) in [5.41, 5.74) is 2.14. The summed E-state index contributed by atoms with van der Waals surface area (Å²) in [5.74, 6) is 1.73. The van der Waals surface area contributed by atoms with Gasteiger partial charge < -0.3 is 19.1 Å². The monoisotopic (exact) mass is 403 g/mol. The van der Waals surface area contributed by atoms with E-state index >= 15 is 0 Å². The van der Waals surface area contributed by atoms with Gasteiger partial charge in [-0.2, -0.15) is 0 Å². The Bertz CT molecular complexity index is 1050. The lowest BCUT2D eigenvalue weighted by molar-refractivity contribution is -0.132. The fourth-order valence-electron chi connectivity index (χ4n) is 3.12. The van der Waals surface area contributed by atoms with Crippen LogP contribution in [-0.2, 0) is 11.3 Å². The highest BCUT2D eigenvalue weighted by molar-refractivity contribution is 6.08. The zero-order chi connectivity index (χ0) is 20.9. The molecule has 0 aliphatic carbocycles. The Labute approximate surface area is 174 Å². The van der Waals surface area contributed by atoms with Gasteiger partial charge in [-0.15, -0.1) is 0 Å². The van der Waals surface area contributed by atoms with E-state index in [0.29, 0.717) is 34.9 Å². The van der Waals surface area contributed by atoms with E-state index in [9.17, 15) is 9.59 Å². The van der Waals surface area contributed by atoms with E-state index in [1.165, 1.54) is 0 Å². The van der Waals surface area contributed by atoms with Crippen molar-refractivity contribution in [3.05, 3.63) is 89.5 Å². The quantitative estimate of drug-likeness (QED) is 0.563. The van der Waals surface area contributed by atoms with Crippen molar-refractivity contribution in [3.63, 3.8) is 0 Å². The molecule has 0 N–H and O–H groups in total. The highest BCUT2D eigenvalue weighted by Gasteiger charge is 2.16. The standard InChI is InChI=1S/C24H21NO5/c1-25(14-17-7-12-21-22(13-17)30-16-29-21)23(26)15-28-20-10-8-19(9-11-20)24(27)18-5-3-2-4-6-18/h2-13H,14-16H2,1H3. The van der Waals surface area contributed by atoms with Gasteiger partial charge in [0.05, 0.1) is 0 Å². The molecule has 0 spiro atoms. The Morgan fingerprint density at radius 1 is 0.900 bits per heavy atom. The van der Waals surface area contributed by atoms with Crippen LogP contribution in [0.3, 0.4) is 0 Å². The van der Waals surface area contributed by atoms with Crippen LogP contribution in [0.15, 0.2) is 72.8 Å². The Balaban J connectivity index is 1.30. The van der Waals surface area contributed by atoms with Crippen LogP contribution in [0.4, 0.5) is 0 Å². The molecule has 0 aromatic heterocycles. The Morgan fingerprint density at radius 3 is 2.37 bits per heavy atom. The number of nitrogens with zero attached hydrogens (tertiary/aromatic N) is 1. The molecule has 0 radical (unpaired) electrons. The molecule has 4 rings (SSSR count). The molecule has 1 aliphatic rings. The number of hydrogen-bond donors (Lipinski definition) is 0. The topological polar surface area (TPSA) is 65.1 Å². The molecule has 0 atom stereocenters. The number of ketones is 1. The average molecular weight is 403 g/mol. The third kappa shape index (κ3) is 4.43. The first-order chi connectivity index (χ1) is 14.6. The van der Waals surface area contributed by atoms with Crippen molar-refractivity contribution in [1.82, 2.24) is 4.90 Å². The molecule has 0 fully saturated rings. The number of amides is 1. The predicted octanol–water partition coefficient (Wildman–Crippen LogP) is 3.68. The minimum Gasteiger partial charge on any atom is -0.484 e. The van der Waals surface area contributed by atoms with Gasteiger partial charge in [0, 0.05) is 24.7 Å². The second-order valence-electron chi connectivity index (χ2n) is 6.95. The molecule has 0 saturated heterocycles. The fourth-order valence-corrected chi connectivity index (χ4v) is 3.12. The zero-order valence-electron chi connectivity index (χ0n) is 16.5. The molecule has 0 saturated carbocycles. The van der Waals surface area contributed by atoms with Crippen LogP contribution in [0, 0.1) is 0 Å². The van der Waals surface area contributed by atoms with Crippen LogP contribution >= 0.6 is 0 Å². The Hall–Kier alpha value is -3.80. The number of carbonyl (C=O) groups excluding carboxylic acids is 2. The molecule has 6 heteroatoms. The molecule has 0 bridgehead atoms. The smallest absolute Gasteiger partial charge is 0.260 e. The van der Waals surface area contributed by atoms with Crippen LogP contribution in [0.1, 0.15) is 21.5 Å². The summed E-state index contributed by atoms with van der Waals surface area (Å²) in [6.07, 6.45) is 0. The lowest BCUT2D eigenvalue weighted by Crippen LogP contribution is -2.30. The molecule has 1 heterocycles. The van der Waals surface area contributed by atoms with E-state index in [1.54, 1.807) is 48.3 Å². The zero-order valence-corrected chi connectivity index (χ0v) is 16.5. The summed E-state index contributed by atoms with van der Waals surface area (Å²) in [6.45, 7) is 0.563. The first-order valence-corrected chi connectivity index (χ1v) is 9.55. The summed E-state index contributed by atoms with van der Waals surface area (Å²) in [6, 6.07) is 21.5. The summed E-state index contributed by atoms with van der Waals surface area (Å²) in [5, 5.41) is 0. The van der Waals surface area contributed by atoms with Gasteiger partial charge in [0.1, 0.15) is 5.75 Å². The number of fused-ring (bicyclic) bond motifs is 1. The maximum Gasteiger partial charge on any atom is 0.260 e. The summed E-state index contributed by atoms with van der Waals surface area (Å²) in [4.78, 5) is 26.4. The van der Waals surface area contributed by atoms with Gasteiger partial charge in [-0.05, 0) is 42.0 Å². The molecule has 152 valence electrons. The summed E-state index contributed by atoms with van der Waals surface area (Å²) >= 11 is 0. The van der Waals surface area contributed by atoms with Crippen molar-refractivity contribution in [1.29, 1.82) is 0 Å². The van der Waals surface area contributed by atoms with E-state index in [1.807, 2.05) is 36.4 Å². The molecule has 3 aromatic rings.